The third-order valence-electron chi connectivity index (χ3n) is 4.24. The Morgan fingerprint density at radius 1 is 1.25 bits per heavy atom. The first-order valence-electron chi connectivity index (χ1n) is 8.48. The van der Waals surface area contributed by atoms with E-state index in [2.05, 4.69) is 20.5 Å². The van der Waals surface area contributed by atoms with Gasteiger partial charge in [0.2, 0.25) is 11.1 Å². The smallest absolute Gasteiger partial charge is 0.234 e. The lowest BCUT2D eigenvalue weighted by Gasteiger charge is -2.08. The number of nitrogens with zero attached hydrogens (tertiary/aromatic N) is 3. The predicted octanol–water partition coefficient (Wildman–Crippen LogP) is 3.83. The molecule has 28 heavy (non-hydrogen) atoms. The molecule has 0 spiro atoms. The second-order valence-electron chi connectivity index (χ2n) is 6.24. The van der Waals surface area contributed by atoms with Crippen molar-refractivity contribution in [3.05, 3.63) is 59.1 Å². The van der Waals surface area contributed by atoms with Crippen molar-refractivity contribution in [1.29, 1.82) is 0 Å². The minimum absolute atomic E-state index is 0.147. The van der Waals surface area contributed by atoms with Crippen LogP contribution in [0.5, 0.6) is 0 Å². The summed E-state index contributed by atoms with van der Waals surface area (Å²) >= 11 is 7.20. The maximum atomic E-state index is 12.3. The van der Waals surface area contributed by atoms with Crippen molar-refractivity contribution in [1.82, 2.24) is 19.9 Å². The van der Waals surface area contributed by atoms with Crippen LogP contribution < -0.4 is 11.2 Å². The molecule has 0 radical (unpaired) electrons. The highest BCUT2D eigenvalue weighted by atomic mass is 35.5. The molecular weight excluding hydrogens is 396 g/mol. The fourth-order valence-electron chi connectivity index (χ4n) is 2.80. The molecule has 0 aliphatic heterocycles. The summed E-state index contributed by atoms with van der Waals surface area (Å²) in [5, 5.41) is 13.2. The summed E-state index contributed by atoms with van der Waals surface area (Å²) in [5.41, 5.74) is 3.38. The van der Waals surface area contributed by atoms with Gasteiger partial charge in [-0.1, -0.05) is 47.6 Å². The lowest BCUT2D eigenvalue weighted by molar-refractivity contribution is -0.113. The van der Waals surface area contributed by atoms with Gasteiger partial charge in [0.1, 0.15) is 0 Å². The Morgan fingerprint density at radius 3 is 2.89 bits per heavy atom. The number of para-hydroxylation sites is 1. The van der Waals surface area contributed by atoms with E-state index in [0.717, 1.165) is 22.2 Å². The minimum atomic E-state index is -0.175. The van der Waals surface area contributed by atoms with Gasteiger partial charge in [-0.2, -0.15) is 0 Å². The van der Waals surface area contributed by atoms with Gasteiger partial charge in [0.15, 0.2) is 5.82 Å². The van der Waals surface area contributed by atoms with Crippen LogP contribution in [-0.2, 0) is 4.79 Å². The number of anilines is 1. The van der Waals surface area contributed by atoms with Gasteiger partial charge in [0.05, 0.1) is 11.4 Å². The zero-order valence-corrected chi connectivity index (χ0v) is 16.5. The Morgan fingerprint density at radius 2 is 2.07 bits per heavy atom. The number of carbonyl (C=O) groups excluding carboxylic acids is 1. The van der Waals surface area contributed by atoms with Gasteiger partial charge in [-0.15, -0.1) is 10.2 Å². The van der Waals surface area contributed by atoms with Crippen LogP contribution in [0.3, 0.4) is 0 Å². The summed E-state index contributed by atoms with van der Waals surface area (Å²) in [6.45, 7) is 1.90. The SMILES string of the molecule is Cc1ccc(Cl)cc1NC(=O)CSc1nnc(-c2cc3ccccc3[nH]2)n1N. The van der Waals surface area contributed by atoms with E-state index in [1.807, 2.05) is 43.3 Å². The van der Waals surface area contributed by atoms with Gasteiger partial charge >= 0.3 is 0 Å². The topological polar surface area (TPSA) is 102 Å². The summed E-state index contributed by atoms with van der Waals surface area (Å²) in [4.78, 5) is 15.5. The number of hydrogen-bond donors (Lipinski definition) is 3. The average molecular weight is 413 g/mol. The molecule has 2 aromatic carbocycles. The third kappa shape index (κ3) is 3.69. The zero-order chi connectivity index (χ0) is 19.7. The molecule has 7 nitrogen and oxygen atoms in total. The number of aromatic amines is 1. The summed E-state index contributed by atoms with van der Waals surface area (Å²) in [7, 11) is 0. The number of nitrogens with one attached hydrogen (secondary N) is 2. The largest absolute Gasteiger partial charge is 0.352 e. The highest BCUT2D eigenvalue weighted by Crippen LogP contribution is 2.25. The molecule has 2 heterocycles. The molecule has 0 saturated carbocycles. The second-order valence-corrected chi connectivity index (χ2v) is 7.62. The average Bonchev–Trinajstić information content (AvgIpc) is 3.26. The van der Waals surface area contributed by atoms with Gasteiger partial charge < -0.3 is 16.1 Å². The second kappa shape index (κ2) is 7.57. The molecule has 0 aliphatic carbocycles. The van der Waals surface area contributed by atoms with Crippen LogP contribution >= 0.6 is 23.4 Å². The molecule has 4 N–H and O–H groups in total. The van der Waals surface area contributed by atoms with Crippen molar-refractivity contribution in [2.45, 2.75) is 12.1 Å². The number of aromatic nitrogens is 4. The molecule has 4 aromatic rings. The lowest BCUT2D eigenvalue weighted by Crippen LogP contribution is -2.17. The fraction of sp³-hybridized carbons (Fsp3) is 0.105. The lowest BCUT2D eigenvalue weighted by atomic mass is 10.2. The highest BCUT2D eigenvalue weighted by Gasteiger charge is 2.16. The number of H-pyrrole nitrogens is 1. The van der Waals surface area contributed by atoms with Crippen LogP contribution in [0.1, 0.15) is 5.56 Å². The van der Waals surface area contributed by atoms with Crippen molar-refractivity contribution in [2.75, 3.05) is 16.9 Å². The number of rotatable bonds is 5. The Kier molecular flexibility index (Phi) is 4.97. The summed E-state index contributed by atoms with van der Waals surface area (Å²) in [6.07, 6.45) is 0. The Labute approximate surface area is 170 Å². The standard InChI is InChI=1S/C19H17ClN6OS/c1-11-6-7-13(20)9-15(11)23-17(27)10-28-19-25-24-18(26(19)21)16-8-12-4-2-3-5-14(12)22-16/h2-9,22H,10,21H2,1H3,(H,23,27). The van der Waals surface area contributed by atoms with Crippen LogP contribution in [-0.4, -0.2) is 31.5 Å². The van der Waals surface area contributed by atoms with Crippen molar-refractivity contribution in [3.63, 3.8) is 0 Å². The van der Waals surface area contributed by atoms with Crippen LogP contribution in [0.2, 0.25) is 5.02 Å². The number of benzene rings is 2. The molecule has 0 aliphatic rings. The van der Waals surface area contributed by atoms with Crippen molar-refractivity contribution in [3.8, 4) is 11.5 Å². The van der Waals surface area contributed by atoms with E-state index in [1.54, 1.807) is 12.1 Å². The van der Waals surface area contributed by atoms with Gasteiger partial charge in [-0.25, -0.2) is 4.68 Å². The summed E-state index contributed by atoms with van der Waals surface area (Å²) in [5.74, 6) is 6.62. The van der Waals surface area contributed by atoms with Crippen molar-refractivity contribution < 1.29 is 4.79 Å². The minimum Gasteiger partial charge on any atom is -0.352 e. The van der Waals surface area contributed by atoms with Crippen molar-refractivity contribution >= 4 is 45.9 Å². The Bertz CT molecular complexity index is 1140. The van der Waals surface area contributed by atoms with Crippen molar-refractivity contribution in [2.24, 2.45) is 0 Å². The number of aryl methyl sites for hydroxylation is 1. The first kappa shape index (κ1) is 18.4. The molecule has 142 valence electrons. The molecule has 1 amide bonds. The molecular formula is C19H17ClN6OS. The number of carbonyl (C=O) groups is 1. The maximum Gasteiger partial charge on any atom is 0.234 e. The quantitative estimate of drug-likeness (QED) is 0.341. The Hall–Kier alpha value is -2.97. The van der Waals surface area contributed by atoms with E-state index < -0.39 is 0 Å². The Balaban J connectivity index is 1.46. The zero-order valence-electron chi connectivity index (χ0n) is 14.9. The summed E-state index contributed by atoms with van der Waals surface area (Å²) in [6, 6.07) is 15.2. The third-order valence-corrected chi connectivity index (χ3v) is 5.42. The molecule has 0 bridgehead atoms. The molecule has 0 fully saturated rings. The van der Waals surface area contributed by atoms with E-state index >= 15 is 0 Å². The first-order valence-corrected chi connectivity index (χ1v) is 9.85. The molecule has 0 saturated heterocycles. The van der Waals surface area contributed by atoms with Gasteiger partial charge in [-0.05, 0) is 36.8 Å². The van der Waals surface area contributed by atoms with E-state index in [9.17, 15) is 4.79 Å². The van der Waals surface area contributed by atoms with E-state index in [1.165, 1.54) is 16.4 Å². The molecule has 9 heteroatoms. The number of thioether (sulfide) groups is 1. The van der Waals surface area contributed by atoms with E-state index in [0.29, 0.717) is 21.7 Å². The van der Waals surface area contributed by atoms with Gasteiger partial charge in [0, 0.05) is 21.6 Å². The monoisotopic (exact) mass is 412 g/mol. The van der Waals surface area contributed by atoms with Crippen LogP contribution in [0, 0.1) is 6.92 Å². The first-order chi connectivity index (χ1) is 13.5. The van der Waals surface area contributed by atoms with Crippen LogP contribution in [0.15, 0.2) is 53.7 Å². The van der Waals surface area contributed by atoms with Gasteiger partial charge in [0.25, 0.3) is 0 Å². The normalized spacial score (nSPS) is 11.1. The number of hydrogen-bond acceptors (Lipinski definition) is 5. The number of fused-ring (bicyclic) bond motifs is 1. The van der Waals surface area contributed by atoms with E-state index in [-0.39, 0.29) is 11.7 Å². The van der Waals surface area contributed by atoms with Crippen LogP contribution in [0.4, 0.5) is 5.69 Å². The van der Waals surface area contributed by atoms with E-state index in [4.69, 9.17) is 17.4 Å². The molecule has 0 unspecified atom stereocenters. The number of halogens is 1. The number of amides is 1. The maximum absolute atomic E-state index is 12.3. The fourth-order valence-corrected chi connectivity index (χ4v) is 3.63. The molecule has 0 atom stereocenters. The summed E-state index contributed by atoms with van der Waals surface area (Å²) < 4.78 is 1.38. The molecule has 4 rings (SSSR count). The predicted molar refractivity (Wildman–Crippen MR) is 113 cm³/mol. The van der Waals surface area contributed by atoms with Crippen LogP contribution in [0.25, 0.3) is 22.4 Å². The highest BCUT2D eigenvalue weighted by molar-refractivity contribution is 7.99. The number of nitrogen functional groups attached to an aromatic ring is 1. The molecule has 2 aromatic heterocycles. The van der Waals surface area contributed by atoms with Gasteiger partial charge in [-0.3, -0.25) is 4.79 Å². The number of nitrogens with two attached hydrogens (primary N) is 1.